The molecule has 0 aliphatic carbocycles. The van der Waals surface area contributed by atoms with Crippen molar-refractivity contribution >= 4 is 0 Å². The molecule has 1 aliphatic rings. The summed E-state index contributed by atoms with van der Waals surface area (Å²) in [7, 11) is 0. The van der Waals surface area contributed by atoms with Gasteiger partial charge in [-0.25, -0.2) is 0 Å². The van der Waals surface area contributed by atoms with E-state index in [1.807, 2.05) is 13.0 Å². The van der Waals surface area contributed by atoms with E-state index in [4.69, 9.17) is 9.47 Å². The molecule has 0 amide bonds. The SMILES string of the molecule is C=C/C(C)=C/CC[C@H](O)C#CC(OC1CCCCO1)C(C)C. The Morgan fingerprint density at radius 2 is 2.18 bits per heavy atom. The van der Waals surface area contributed by atoms with Gasteiger partial charge in [-0.15, -0.1) is 0 Å². The molecule has 0 aromatic carbocycles. The molecule has 3 heteroatoms. The Bertz CT molecular complexity index is 408. The van der Waals surface area contributed by atoms with Gasteiger partial charge in [0.1, 0.15) is 12.2 Å². The zero-order valence-corrected chi connectivity index (χ0v) is 14.2. The lowest BCUT2D eigenvalue weighted by Gasteiger charge is -2.27. The highest BCUT2D eigenvalue weighted by Gasteiger charge is 2.20. The molecule has 1 fully saturated rings. The molecule has 3 nitrogen and oxygen atoms in total. The van der Waals surface area contributed by atoms with Crippen molar-refractivity contribution in [1.29, 1.82) is 0 Å². The van der Waals surface area contributed by atoms with Crippen LogP contribution in [0.25, 0.3) is 0 Å². The van der Waals surface area contributed by atoms with Crippen LogP contribution in [0.1, 0.15) is 52.9 Å². The van der Waals surface area contributed by atoms with Crippen LogP contribution in [0.2, 0.25) is 0 Å². The molecule has 22 heavy (non-hydrogen) atoms. The molecule has 1 saturated heterocycles. The van der Waals surface area contributed by atoms with E-state index < -0.39 is 6.10 Å². The highest BCUT2D eigenvalue weighted by atomic mass is 16.7. The number of hydrogen-bond acceptors (Lipinski definition) is 3. The predicted octanol–water partition coefficient (Wildman–Crippen LogP) is 3.83. The zero-order chi connectivity index (χ0) is 16.4. The fourth-order valence-electron chi connectivity index (χ4n) is 2.14. The second kappa shape index (κ2) is 10.6. The molecule has 0 aromatic heterocycles. The fraction of sp³-hybridized carbons (Fsp3) is 0.684. The minimum Gasteiger partial charge on any atom is -0.380 e. The lowest BCUT2D eigenvalue weighted by atomic mass is 10.1. The third-order valence-electron chi connectivity index (χ3n) is 3.66. The van der Waals surface area contributed by atoms with Crippen LogP contribution >= 0.6 is 0 Å². The van der Waals surface area contributed by atoms with E-state index in [1.54, 1.807) is 0 Å². The molecule has 0 spiro atoms. The summed E-state index contributed by atoms with van der Waals surface area (Å²) in [5.41, 5.74) is 1.12. The van der Waals surface area contributed by atoms with Gasteiger partial charge in [-0.1, -0.05) is 50.0 Å². The normalized spacial score (nSPS) is 21.9. The highest BCUT2D eigenvalue weighted by molar-refractivity contribution is 5.14. The quantitative estimate of drug-likeness (QED) is 0.574. The van der Waals surface area contributed by atoms with Crippen molar-refractivity contribution in [2.75, 3.05) is 6.61 Å². The van der Waals surface area contributed by atoms with Gasteiger partial charge in [-0.3, -0.25) is 0 Å². The maximum Gasteiger partial charge on any atom is 0.159 e. The molecule has 3 atom stereocenters. The van der Waals surface area contributed by atoms with E-state index in [2.05, 4.69) is 38.3 Å². The molecule has 1 N–H and O–H groups in total. The van der Waals surface area contributed by atoms with E-state index in [-0.39, 0.29) is 18.3 Å². The zero-order valence-electron chi connectivity index (χ0n) is 14.2. The molecular weight excluding hydrogens is 276 g/mol. The Kier molecular flexibility index (Phi) is 9.15. The number of hydrogen-bond donors (Lipinski definition) is 1. The smallest absolute Gasteiger partial charge is 0.159 e. The average molecular weight is 306 g/mol. The Labute approximate surface area is 135 Å². The van der Waals surface area contributed by atoms with Gasteiger partial charge in [-0.05, 0) is 44.9 Å². The molecule has 1 aliphatic heterocycles. The third kappa shape index (κ3) is 7.79. The highest BCUT2D eigenvalue weighted by Crippen LogP contribution is 2.18. The van der Waals surface area contributed by atoms with E-state index in [1.165, 1.54) is 0 Å². The first-order valence-electron chi connectivity index (χ1n) is 8.28. The van der Waals surface area contributed by atoms with Crippen molar-refractivity contribution in [2.45, 2.75) is 71.4 Å². The molecule has 124 valence electrons. The summed E-state index contributed by atoms with van der Waals surface area (Å²) in [5, 5.41) is 9.96. The van der Waals surface area contributed by atoms with Crippen LogP contribution in [-0.4, -0.2) is 30.2 Å². The van der Waals surface area contributed by atoms with Gasteiger partial charge in [-0.2, -0.15) is 0 Å². The van der Waals surface area contributed by atoms with Crippen LogP contribution in [0.3, 0.4) is 0 Å². The first-order chi connectivity index (χ1) is 10.5. The summed E-state index contributed by atoms with van der Waals surface area (Å²) in [4.78, 5) is 0. The van der Waals surface area contributed by atoms with Crippen molar-refractivity contribution in [2.24, 2.45) is 5.92 Å². The molecule has 0 aromatic rings. The molecule has 0 bridgehead atoms. The largest absolute Gasteiger partial charge is 0.380 e. The van der Waals surface area contributed by atoms with Gasteiger partial charge >= 0.3 is 0 Å². The summed E-state index contributed by atoms with van der Waals surface area (Å²) in [6.45, 7) is 10.6. The molecular formula is C19H30O3. The van der Waals surface area contributed by atoms with E-state index >= 15 is 0 Å². The van der Waals surface area contributed by atoms with E-state index in [9.17, 15) is 5.11 Å². The Morgan fingerprint density at radius 3 is 2.77 bits per heavy atom. The summed E-state index contributed by atoms with van der Waals surface area (Å²) in [6, 6.07) is 0. The molecule has 2 unspecified atom stereocenters. The molecule has 0 radical (unpaired) electrons. The Hall–Kier alpha value is -1.08. The number of aliphatic hydroxyl groups is 1. The first-order valence-corrected chi connectivity index (χ1v) is 8.28. The number of allylic oxidation sites excluding steroid dienone is 3. The fourth-order valence-corrected chi connectivity index (χ4v) is 2.14. The summed E-state index contributed by atoms with van der Waals surface area (Å²) < 4.78 is 11.5. The van der Waals surface area contributed by atoms with Crippen molar-refractivity contribution in [1.82, 2.24) is 0 Å². The van der Waals surface area contributed by atoms with Gasteiger partial charge in [0.15, 0.2) is 6.29 Å². The maximum absolute atomic E-state index is 9.96. The van der Waals surface area contributed by atoms with Gasteiger partial charge < -0.3 is 14.6 Å². The summed E-state index contributed by atoms with van der Waals surface area (Å²) in [5.74, 6) is 6.26. The predicted molar refractivity (Wildman–Crippen MR) is 90.3 cm³/mol. The van der Waals surface area contributed by atoms with E-state index in [0.717, 1.165) is 37.9 Å². The topological polar surface area (TPSA) is 38.7 Å². The monoisotopic (exact) mass is 306 g/mol. The van der Waals surface area contributed by atoms with Crippen molar-refractivity contribution in [3.8, 4) is 11.8 Å². The molecule has 1 heterocycles. The number of ether oxygens (including phenoxy) is 2. The summed E-state index contributed by atoms with van der Waals surface area (Å²) >= 11 is 0. The lowest BCUT2D eigenvalue weighted by Crippen LogP contribution is -2.30. The van der Waals surface area contributed by atoms with Crippen molar-refractivity contribution in [3.05, 3.63) is 24.3 Å². The first kappa shape index (κ1) is 19.0. The molecule has 0 saturated carbocycles. The van der Waals surface area contributed by atoms with Crippen LogP contribution in [0.5, 0.6) is 0 Å². The van der Waals surface area contributed by atoms with Crippen LogP contribution < -0.4 is 0 Å². The van der Waals surface area contributed by atoms with Crippen LogP contribution in [0.4, 0.5) is 0 Å². The van der Waals surface area contributed by atoms with Crippen LogP contribution in [-0.2, 0) is 9.47 Å². The van der Waals surface area contributed by atoms with Gasteiger partial charge in [0, 0.05) is 6.61 Å². The standard InChI is InChI=1S/C19H30O3/c1-5-16(4)9-8-10-17(20)12-13-18(15(2)3)22-19-11-6-7-14-21-19/h5,9,15,17-20H,1,6-8,10-11,14H2,2-4H3/b16-9+/t17-,18?,19?/m0/s1. The second-order valence-corrected chi connectivity index (χ2v) is 6.13. The average Bonchev–Trinajstić information content (AvgIpc) is 2.51. The third-order valence-corrected chi connectivity index (χ3v) is 3.66. The van der Waals surface area contributed by atoms with Gasteiger partial charge in [0.25, 0.3) is 0 Å². The minimum atomic E-state index is -0.619. The maximum atomic E-state index is 9.96. The summed E-state index contributed by atoms with van der Waals surface area (Å²) in [6.07, 6.45) is 7.51. The van der Waals surface area contributed by atoms with Gasteiger partial charge in [0.05, 0.1) is 0 Å². The Balaban J connectivity index is 2.46. The Morgan fingerprint density at radius 1 is 1.41 bits per heavy atom. The number of rotatable bonds is 7. The van der Waals surface area contributed by atoms with Crippen molar-refractivity contribution in [3.63, 3.8) is 0 Å². The van der Waals surface area contributed by atoms with Gasteiger partial charge in [0.2, 0.25) is 0 Å². The van der Waals surface area contributed by atoms with Crippen LogP contribution in [0, 0.1) is 17.8 Å². The number of aliphatic hydroxyl groups excluding tert-OH is 1. The van der Waals surface area contributed by atoms with Crippen molar-refractivity contribution < 1.29 is 14.6 Å². The lowest BCUT2D eigenvalue weighted by molar-refractivity contribution is -0.183. The second-order valence-electron chi connectivity index (χ2n) is 6.13. The minimum absolute atomic E-state index is 0.147. The molecule has 1 rings (SSSR count). The van der Waals surface area contributed by atoms with Crippen LogP contribution in [0.15, 0.2) is 24.3 Å². The van der Waals surface area contributed by atoms with E-state index in [0.29, 0.717) is 6.42 Å².